The summed E-state index contributed by atoms with van der Waals surface area (Å²) in [4.78, 5) is 10.5. The van der Waals surface area contributed by atoms with Crippen molar-refractivity contribution in [1.29, 1.82) is 0 Å². The summed E-state index contributed by atoms with van der Waals surface area (Å²) in [5.74, 6) is 0.696. The smallest absolute Gasteiger partial charge is 0.217 e. The minimum absolute atomic E-state index is 0.163. The van der Waals surface area contributed by atoms with Crippen LogP contribution in [0.2, 0.25) is 0 Å². The second-order valence-corrected chi connectivity index (χ2v) is 3.78. The summed E-state index contributed by atoms with van der Waals surface area (Å²) in [6.07, 6.45) is 7.81. The first-order valence-corrected chi connectivity index (χ1v) is 5.49. The molecule has 0 saturated carbocycles. The van der Waals surface area contributed by atoms with Crippen molar-refractivity contribution in [3.63, 3.8) is 0 Å². The average molecular weight is 185 g/mol. The van der Waals surface area contributed by atoms with Crippen LogP contribution in [-0.2, 0) is 4.79 Å². The Hall–Kier alpha value is -0.530. The molecule has 0 spiro atoms. The van der Waals surface area contributed by atoms with E-state index >= 15 is 0 Å². The van der Waals surface area contributed by atoms with E-state index in [0.717, 1.165) is 18.8 Å². The van der Waals surface area contributed by atoms with E-state index in [4.69, 9.17) is 5.73 Å². The van der Waals surface area contributed by atoms with E-state index < -0.39 is 0 Å². The molecule has 2 heteroatoms. The van der Waals surface area contributed by atoms with Gasteiger partial charge in [0.1, 0.15) is 0 Å². The Morgan fingerprint density at radius 3 is 2.38 bits per heavy atom. The van der Waals surface area contributed by atoms with Gasteiger partial charge in [0.15, 0.2) is 0 Å². The van der Waals surface area contributed by atoms with Crippen LogP contribution >= 0.6 is 0 Å². The molecule has 0 radical (unpaired) electrons. The first kappa shape index (κ1) is 12.5. The predicted molar refractivity (Wildman–Crippen MR) is 56.4 cm³/mol. The predicted octanol–water partition coefficient (Wildman–Crippen LogP) is 2.86. The minimum Gasteiger partial charge on any atom is -0.370 e. The third kappa shape index (κ3) is 7.82. The van der Waals surface area contributed by atoms with Crippen LogP contribution in [0, 0.1) is 5.92 Å². The largest absolute Gasteiger partial charge is 0.370 e. The quantitative estimate of drug-likeness (QED) is 0.580. The molecule has 1 unspecified atom stereocenters. The lowest BCUT2D eigenvalue weighted by Gasteiger charge is -2.12. The van der Waals surface area contributed by atoms with E-state index in [2.05, 4.69) is 13.8 Å². The number of hydrogen-bond acceptors (Lipinski definition) is 1. The third-order valence-electron chi connectivity index (χ3n) is 2.56. The first-order valence-electron chi connectivity index (χ1n) is 5.49. The van der Waals surface area contributed by atoms with Gasteiger partial charge in [0, 0.05) is 6.42 Å². The summed E-state index contributed by atoms with van der Waals surface area (Å²) in [7, 11) is 0. The van der Waals surface area contributed by atoms with Gasteiger partial charge in [-0.2, -0.15) is 0 Å². The molecular weight excluding hydrogens is 162 g/mol. The lowest BCUT2D eigenvalue weighted by molar-refractivity contribution is -0.118. The number of carbonyl (C=O) groups is 1. The van der Waals surface area contributed by atoms with E-state index in [1.807, 2.05) is 0 Å². The van der Waals surface area contributed by atoms with Crippen molar-refractivity contribution >= 4 is 5.91 Å². The molecule has 13 heavy (non-hydrogen) atoms. The maximum Gasteiger partial charge on any atom is 0.217 e. The number of primary amides is 1. The van der Waals surface area contributed by atoms with Crippen molar-refractivity contribution < 1.29 is 4.79 Å². The van der Waals surface area contributed by atoms with Gasteiger partial charge < -0.3 is 5.73 Å². The standard InChI is InChI=1S/C11H23NO/c1-3-7-10(4-2)8-5-6-9-11(12)13/h10H,3-9H2,1-2H3,(H2,12,13). The molecule has 0 saturated heterocycles. The molecule has 1 atom stereocenters. The lowest BCUT2D eigenvalue weighted by Crippen LogP contribution is -2.09. The van der Waals surface area contributed by atoms with Crippen molar-refractivity contribution in [2.75, 3.05) is 0 Å². The summed E-state index contributed by atoms with van der Waals surface area (Å²) >= 11 is 0. The zero-order chi connectivity index (χ0) is 10.1. The third-order valence-corrected chi connectivity index (χ3v) is 2.56. The fraction of sp³-hybridized carbons (Fsp3) is 0.909. The van der Waals surface area contributed by atoms with Gasteiger partial charge in [0.2, 0.25) is 5.91 Å². The molecule has 0 aliphatic carbocycles. The highest BCUT2D eigenvalue weighted by atomic mass is 16.1. The minimum atomic E-state index is -0.163. The molecule has 0 rings (SSSR count). The number of rotatable bonds is 8. The summed E-state index contributed by atoms with van der Waals surface area (Å²) in [5, 5.41) is 0. The van der Waals surface area contributed by atoms with Gasteiger partial charge in [-0.05, 0) is 12.3 Å². The normalized spacial score (nSPS) is 12.8. The second kappa shape index (κ2) is 8.09. The van der Waals surface area contributed by atoms with E-state index in [1.165, 1.54) is 25.7 Å². The van der Waals surface area contributed by atoms with Crippen LogP contribution in [0.1, 0.15) is 58.8 Å². The van der Waals surface area contributed by atoms with Gasteiger partial charge >= 0.3 is 0 Å². The fourth-order valence-corrected chi connectivity index (χ4v) is 1.69. The fourth-order valence-electron chi connectivity index (χ4n) is 1.69. The maximum absolute atomic E-state index is 10.5. The molecule has 0 aromatic carbocycles. The zero-order valence-electron chi connectivity index (χ0n) is 9.01. The Labute approximate surface area is 81.9 Å². The summed E-state index contributed by atoms with van der Waals surface area (Å²) < 4.78 is 0. The van der Waals surface area contributed by atoms with E-state index in [9.17, 15) is 4.79 Å². The number of hydrogen-bond donors (Lipinski definition) is 1. The molecule has 0 aromatic rings. The van der Waals surface area contributed by atoms with Crippen LogP contribution in [0.3, 0.4) is 0 Å². The van der Waals surface area contributed by atoms with Crippen molar-refractivity contribution in [1.82, 2.24) is 0 Å². The maximum atomic E-state index is 10.5. The zero-order valence-corrected chi connectivity index (χ0v) is 9.01. The van der Waals surface area contributed by atoms with Crippen LogP contribution < -0.4 is 5.73 Å². The van der Waals surface area contributed by atoms with Gasteiger partial charge in [-0.1, -0.05) is 46.0 Å². The molecule has 0 aliphatic rings. The van der Waals surface area contributed by atoms with Gasteiger partial charge in [0.05, 0.1) is 0 Å². The van der Waals surface area contributed by atoms with Gasteiger partial charge in [-0.15, -0.1) is 0 Å². The van der Waals surface area contributed by atoms with Crippen LogP contribution in [0.25, 0.3) is 0 Å². The molecule has 0 bridgehead atoms. The number of carbonyl (C=O) groups excluding carboxylic acids is 1. The van der Waals surface area contributed by atoms with Crippen LogP contribution in [0.15, 0.2) is 0 Å². The molecular formula is C11H23NO. The van der Waals surface area contributed by atoms with Crippen LogP contribution in [0.4, 0.5) is 0 Å². The molecule has 0 fully saturated rings. The van der Waals surface area contributed by atoms with Gasteiger partial charge in [0.25, 0.3) is 0 Å². The Morgan fingerprint density at radius 2 is 1.92 bits per heavy atom. The average Bonchev–Trinajstić information content (AvgIpc) is 2.10. The summed E-state index contributed by atoms with van der Waals surface area (Å²) in [6, 6.07) is 0. The van der Waals surface area contributed by atoms with Crippen molar-refractivity contribution in [3.05, 3.63) is 0 Å². The molecule has 1 amide bonds. The molecule has 2 N–H and O–H groups in total. The highest BCUT2D eigenvalue weighted by Crippen LogP contribution is 2.18. The number of nitrogens with two attached hydrogens (primary N) is 1. The molecule has 0 aromatic heterocycles. The molecule has 0 aliphatic heterocycles. The SMILES string of the molecule is CCCC(CC)CCCCC(N)=O. The topological polar surface area (TPSA) is 43.1 Å². The van der Waals surface area contributed by atoms with E-state index in [0.29, 0.717) is 6.42 Å². The molecule has 78 valence electrons. The lowest BCUT2D eigenvalue weighted by atomic mass is 9.94. The molecule has 0 heterocycles. The summed E-state index contributed by atoms with van der Waals surface area (Å²) in [6.45, 7) is 4.47. The monoisotopic (exact) mass is 185 g/mol. The second-order valence-electron chi connectivity index (χ2n) is 3.78. The van der Waals surface area contributed by atoms with Crippen molar-refractivity contribution in [2.24, 2.45) is 11.7 Å². The highest BCUT2D eigenvalue weighted by molar-refractivity contribution is 5.73. The van der Waals surface area contributed by atoms with Gasteiger partial charge in [-0.25, -0.2) is 0 Å². The Balaban J connectivity index is 3.32. The number of amides is 1. The van der Waals surface area contributed by atoms with Crippen molar-refractivity contribution in [3.8, 4) is 0 Å². The van der Waals surface area contributed by atoms with E-state index in [1.54, 1.807) is 0 Å². The highest BCUT2D eigenvalue weighted by Gasteiger charge is 2.04. The first-order chi connectivity index (χ1) is 6.20. The van der Waals surface area contributed by atoms with Gasteiger partial charge in [-0.3, -0.25) is 4.79 Å². The van der Waals surface area contributed by atoms with E-state index in [-0.39, 0.29) is 5.91 Å². The summed E-state index contributed by atoms with van der Waals surface area (Å²) in [5.41, 5.74) is 5.06. The Bertz CT molecular complexity index is 134. The number of unbranched alkanes of at least 4 members (excludes halogenated alkanes) is 1. The van der Waals surface area contributed by atoms with Crippen molar-refractivity contribution in [2.45, 2.75) is 58.8 Å². The van der Waals surface area contributed by atoms with Crippen LogP contribution in [0.5, 0.6) is 0 Å². The molecule has 2 nitrogen and oxygen atoms in total. The Kier molecular flexibility index (Phi) is 7.76. The Morgan fingerprint density at radius 1 is 1.23 bits per heavy atom. The van der Waals surface area contributed by atoms with Crippen LogP contribution in [-0.4, -0.2) is 5.91 Å².